The molecule has 0 aliphatic carbocycles. The van der Waals surface area contributed by atoms with Crippen LogP contribution in [0.1, 0.15) is 32.8 Å². The minimum Gasteiger partial charge on any atom is -0.454 e. The number of benzene rings is 2. The lowest BCUT2D eigenvalue weighted by molar-refractivity contribution is -0.126. The molecule has 2 aromatic rings. The van der Waals surface area contributed by atoms with Crippen LogP contribution in [0, 0.1) is 5.92 Å². The fourth-order valence-corrected chi connectivity index (χ4v) is 3.22. The van der Waals surface area contributed by atoms with Crippen LogP contribution in [0.25, 0.3) is 11.1 Å². The summed E-state index contributed by atoms with van der Waals surface area (Å²) in [5.74, 6) is 1.80. The molecule has 1 aliphatic heterocycles. The number of nitrogens with one attached hydrogen (secondary N) is 1. The van der Waals surface area contributed by atoms with Crippen LogP contribution in [0.3, 0.4) is 0 Å². The Morgan fingerprint density at radius 3 is 2.46 bits per heavy atom. The van der Waals surface area contributed by atoms with Crippen LogP contribution in [0.5, 0.6) is 11.5 Å². The first kappa shape index (κ1) is 18.3. The highest BCUT2D eigenvalue weighted by atomic mass is 16.7. The van der Waals surface area contributed by atoms with Gasteiger partial charge < -0.3 is 20.5 Å². The van der Waals surface area contributed by atoms with Gasteiger partial charge in [-0.05, 0) is 48.1 Å². The van der Waals surface area contributed by atoms with Gasteiger partial charge in [-0.2, -0.15) is 0 Å². The summed E-state index contributed by atoms with van der Waals surface area (Å²) in [6.45, 7) is 6.64. The standard InChI is InChI=1S/C21H26N2O3/c1-14(2)11-21(3,22)20(24)23-12-15-4-6-16(7-5-15)17-8-9-18-19(10-17)26-13-25-18/h4-10,14H,11-13,22H2,1-3H3,(H,23,24). The Bertz CT molecular complexity index is 782. The summed E-state index contributed by atoms with van der Waals surface area (Å²) in [6, 6.07) is 14.0. The van der Waals surface area contributed by atoms with Gasteiger partial charge in [-0.15, -0.1) is 0 Å². The van der Waals surface area contributed by atoms with E-state index in [2.05, 4.69) is 19.2 Å². The molecule has 0 radical (unpaired) electrons. The first-order valence-corrected chi connectivity index (χ1v) is 8.91. The Morgan fingerprint density at radius 2 is 1.77 bits per heavy atom. The van der Waals surface area contributed by atoms with E-state index < -0.39 is 5.54 Å². The average molecular weight is 354 g/mol. The van der Waals surface area contributed by atoms with E-state index in [1.165, 1.54) is 0 Å². The van der Waals surface area contributed by atoms with Gasteiger partial charge in [0, 0.05) is 6.54 Å². The molecule has 2 aromatic carbocycles. The summed E-state index contributed by atoms with van der Waals surface area (Å²) >= 11 is 0. The molecule has 0 bridgehead atoms. The summed E-state index contributed by atoms with van der Waals surface area (Å²) in [6.07, 6.45) is 0.655. The molecular weight excluding hydrogens is 328 g/mol. The third kappa shape index (κ3) is 4.17. The zero-order valence-electron chi connectivity index (χ0n) is 15.5. The SMILES string of the molecule is CC(C)CC(C)(N)C(=O)NCc1ccc(-c2ccc3c(c2)OCO3)cc1. The second-order valence-electron chi connectivity index (χ2n) is 7.46. The average Bonchev–Trinajstić information content (AvgIpc) is 3.06. The Balaban J connectivity index is 1.62. The number of carbonyl (C=O) groups excluding carboxylic acids is 1. The van der Waals surface area contributed by atoms with Crippen LogP contribution >= 0.6 is 0 Å². The third-order valence-corrected chi connectivity index (χ3v) is 4.46. The monoisotopic (exact) mass is 354 g/mol. The van der Waals surface area contributed by atoms with Crippen molar-refractivity contribution in [2.75, 3.05) is 6.79 Å². The molecule has 1 amide bonds. The van der Waals surface area contributed by atoms with Crippen molar-refractivity contribution >= 4 is 5.91 Å². The predicted octanol–water partition coefficient (Wildman–Crippen LogP) is 3.46. The molecule has 5 nitrogen and oxygen atoms in total. The molecule has 26 heavy (non-hydrogen) atoms. The molecule has 5 heteroatoms. The number of hydrogen-bond acceptors (Lipinski definition) is 4. The van der Waals surface area contributed by atoms with Crippen LogP contribution in [0.4, 0.5) is 0 Å². The Morgan fingerprint density at radius 1 is 1.12 bits per heavy atom. The summed E-state index contributed by atoms with van der Waals surface area (Å²) < 4.78 is 10.8. The zero-order chi connectivity index (χ0) is 18.7. The summed E-state index contributed by atoms with van der Waals surface area (Å²) in [4.78, 5) is 12.3. The van der Waals surface area contributed by atoms with Gasteiger partial charge in [0.15, 0.2) is 11.5 Å². The maximum absolute atomic E-state index is 12.3. The molecule has 0 spiro atoms. The molecule has 0 aromatic heterocycles. The lowest BCUT2D eigenvalue weighted by atomic mass is 9.91. The number of hydrogen-bond donors (Lipinski definition) is 2. The van der Waals surface area contributed by atoms with E-state index in [0.717, 1.165) is 28.2 Å². The zero-order valence-corrected chi connectivity index (χ0v) is 15.5. The first-order chi connectivity index (χ1) is 12.3. The van der Waals surface area contributed by atoms with Crippen LogP contribution in [-0.2, 0) is 11.3 Å². The number of rotatable bonds is 6. The molecular formula is C21H26N2O3. The molecule has 3 N–H and O–H groups in total. The van der Waals surface area contributed by atoms with E-state index in [0.29, 0.717) is 18.9 Å². The number of amides is 1. The Kier molecular flexibility index (Phi) is 5.18. The van der Waals surface area contributed by atoms with E-state index in [1.807, 2.05) is 42.5 Å². The Hall–Kier alpha value is -2.53. The highest BCUT2D eigenvalue weighted by Gasteiger charge is 2.28. The Labute approximate surface area is 154 Å². The van der Waals surface area contributed by atoms with Gasteiger partial charge in [-0.1, -0.05) is 44.2 Å². The van der Waals surface area contributed by atoms with Gasteiger partial charge in [0.25, 0.3) is 0 Å². The van der Waals surface area contributed by atoms with Crippen LogP contribution in [0.2, 0.25) is 0 Å². The number of carbonyl (C=O) groups is 1. The smallest absolute Gasteiger partial charge is 0.240 e. The van der Waals surface area contributed by atoms with Crippen molar-refractivity contribution in [2.24, 2.45) is 11.7 Å². The minimum atomic E-state index is -0.847. The van der Waals surface area contributed by atoms with Gasteiger partial charge in [0.2, 0.25) is 12.7 Å². The molecule has 138 valence electrons. The second-order valence-corrected chi connectivity index (χ2v) is 7.46. The largest absolute Gasteiger partial charge is 0.454 e. The van der Waals surface area contributed by atoms with Gasteiger partial charge in [0.05, 0.1) is 5.54 Å². The normalized spacial score (nSPS) is 15.0. The van der Waals surface area contributed by atoms with Crippen LogP contribution in [-0.4, -0.2) is 18.2 Å². The molecule has 1 atom stereocenters. The van der Waals surface area contributed by atoms with Crippen molar-refractivity contribution in [2.45, 2.75) is 39.3 Å². The highest BCUT2D eigenvalue weighted by Crippen LogP contribution is 2.35. The van der Waals surface area contributed by atoms with Gasteiger partial charge in [0.1, 0.15) is 0 Å². The molecule has 1 heterocycles. The van der Waals surface area contributed by atoms with Crippen LogP contribution in [0.15, 0.2) is 42.5 Å². The highest BCUT2D eigenvalue weighted by molar-refractivity contribution is 5.85. The van der Waals surface area contributed by atoms with Crippen LogP contribution < -0.4 is 20.5 Å². The second kappa shape index (κ2) is 7.38. The molecule has 0 fully saturated rings. The van der Waals surface area contributed by atoms with Crippen molar-refractivity contribution in [3.8, 4) is 22.6 Å². The van der Waals surface area contributed by atoms with Crippen molar-refractivity contribution < 1.29 is 14.3 Å². The minimum absolute atomic E-state index is 0.119. The maximum Gasteiger partial charge on any atom is 0.240 e. The molecule has 0 saturated carbocycles. The molecule has 1 unspecified atom stereocenters. The van der Waals surface area contributed by atoms with Crippen molar-refractivity contribution in [1.82, 2.24) is 5.32 Å². The molecule has 1 aliphatic rings. The lowest BCUT2D eigenvalue weighted by Gasteiger charge is -2.25. The topological polar surface area (TPSA) is 73.6 Å². The van der Waals surface area contributed by atoms with Gasteiger partial charge >= 0.3 is 0 Å². The van der Waals surface area contributed by atoms with E-state index in [4.69, 9.17) is 15.2 Å². The fourth-order valence-electron chi connectivity index (χ4n) is 3.22. The van der Waals surface area contributed by atoms with E-state index in [-0.39, 0.29) is 12.7 Å². The number of nitrogens with two attached hydrogens (primary N) is 1. The molecule has 0 saturated heterocycles. The maximum atomic E-state index is 12.3. The van der Waals surface area contributed by atoms with Crippen molar-refractivity contribution in [3.05, 3.63) is 48.0 Å². The summed E-state index contributed by atoms with van der Waals surface area (Å²) in [5.41, 5.74) is 8.47. The summed E-state index contributed by atoms with van der Waals surface area (Å²) in [7, 11) is 0. The number of ether oxygens (including phenoxy) is 2. The molecule has 3 rings (SSSR count). The quantitative estimate of drug-likeness (QED) is 0.833. The summed E-state index contributed by atoms with van der Waals surface area (Å²) in [5, 5.41) is 2.94. The lowest BCUT2D eigenvalue weighted by Crippen LogP contribution is -2.52. The van der Waals surface area contributed by atoms with E-state index >= 15 is 0 Å². The van der Waals surface area contributed by atoms with Gasteiger partial charge in [-0.3, -0.25) is 4.79 Å². The third-order valence-electron chi connectivity index (χ3n) is 4.46. The number of fused-ring (bicyclic) bond motifs is 1. The fraction of sp³-hybridized carbons (Fsp3) is 0.381. The van der Waals surface area contributed by atoms with Crippen molar-refractivity contribution in [3.63, 3.8) is 0 Å². The predicted molar refractivity (Wildman–Crippen MR) is 102 cm³/mol. The van der Waals surface area contributed by atoms with E-state index in [9.17, 15) is 4.79 Å². The van der Waals surface area contributed by atoms with Gasteiger partial charge in [-0.25, -0.2) is 0 Å². The van der Waals surface area contributed by atoms with E-state index in [1.54, 1.807) is 6.92 Å². The first-order valence-electron chi connectivity index (χ1n) is 8.91. The van der Waals surface area contributed by atoms with Crippen molar-refractivity contribution in [1.29, 1.82) is 0 Å².